The highest BCUT2D eigenvalue weighted by atomic mass is 32.2. The number of nitrogens with zero attached hydrogens (tertiary/aromatic N) is 2. The fourth-order valence-electron chi connectivity index (χ4n) is 2.53. The second-order valence-electron chi connectivity index (χ2n) is 6.32. The average Bonchev–Trinajstić information content (AvgIpc) is 2.45. The molecule has 1 aromatic heterocycles. The Hall–Kier alpha value is -1.23. The van der Waals surface area contributed by atoms with Crippen molar-refractivity contribution in [3.05, 3.63) is 23.9 Å². The second-order valence-corrected chi connectivity index (χ2v) is 7.15. The van der Waals surface area contributed by atoms with E-state index in [1.807, 2.05) is 44.2 Å². The van der Waals surface area contributed by atoms with E-state index < -0.39 is 5.60 Å². The van der Waals surface area contributed by atoms with Crippen molar-refractivity contribution in [3.8, 4) is 0 Å². The van der Waals surface area contributed by atoms with E-state index in [2.05, 4.69) is 11.1 Å². The molecule has 0 aliphatic carbocycles. The van der Waals surface area contributed by atoms with E-state index in [-0.39, 0.29) is 12.1 Å². The predicted octanol–water partition coefficient (Wildman–Crippen LogP) is 4.27. The number of carbonyl (C=O) groups is 1. The Morgan fingerprint density at radius 1 is 1.38 bits per heavy atom. The molecule has 0 radical (unpaired) electrons. The molecule has 0 unspecified atom stereocenters. The Morgan fingerprint density at radius 2 is 2.14 bits per heavy atom. The van der Waals surface area contributed by atoms with Crippen LogP contribution in [0.15, 0.2) is 23.4 Å². The van der Waals surface area contributed by atoms with Gasteiger partial charge in [0, 0.05) is 12.7 Å². The molecule has 116 valence electrons. The minimum atomic E-state index is -0.458. The zero-order chi connectivity index (χ0) is 15.5. The lowest BCUT2D eigenvalue weighted by Gasteiger charge is -2.36. The van der Waals surface area contributed by atoms with E-state index in [4.69, 9.17) is 4.74 Å². The zero-order valence-electron chi connectivity index (χ0n) is 13.3. The van der Waals surface area contributed by atoms with Gasteiger partial charge in [-0.2, -0.15) is 0 Å². The van der Waals surface area contributed by atoms with Gasteiger partial charge in [-0.25, -0.2) is 9.78 Å². The van der Waals surface area contributed by atoms with Gasteiger partial charge in [-0.3, -0.25) is 0 Å². The molecule has 0 bridgehead atoms. The summed E-state index contributed by atoms with van der Waals surface area (Å²) in [5.74, 6) is 0. The van der Waals surface area contributed by atoms with Gasteiger partial charge >= 0.3 is 6.09 Å². The SMILES string of the molecule is CSc1ccc([C@@H]2CCCCN2C(=O)OC(C)(C)C)cn1. The van der Waals surface area contributed by atoms with E-state index in [1.54, 1.807) is 11.8 Å². The molecule has 2 rings (SSSR count). The van der Waals surface area contributed by atoms with Gasteiger partial charge in [0.25, 0.3) is 0 Å². The molecule has 1 saturated heterocycles. The smallest absolute Gasteiger partial charge is 0.410 e. The fraction of sp³-hybridized carbons (Fsp3) is 0.625. The van der Waals surface area contributed by atoms with Gasteiger partial charge in [0.15, 0.2) is 0 Å². The largest absolute Gasteiger partial charge is 0.444 e. The summed E-state index contributed by atoms with van der Waals surface area (Å²) >= 11 is 1.62. The summed E-state index contributed by atoms with van der Waals surface area (Å²) < 4.78 is 5.54. The highest BCUT2D eigenvalue weighted by molar-refractivity contribution is 7.98. The number of hydrogen-bond acceptors (Lipinski definition) is 4. The Kier molecular flexibility index (Phi) is 5.14. The maximum Gasteiger partial charge on any atom is 0.410 e. The fourth-order valence-corrected chi connectivity index (χ4v) is 2.89. The van der Waals surface area contributed by atoms with E-state index in [1.165, 1.54) is 0 Å². The first-order chi connectivity index (χ1) is 9.90. The first-order valence-corrected chi connectivity index (χ1v) is 8.63. The summed E-state index contributed by atoms with van der Waals surface area (Å²) in [4.78, 5) is 18.7. The summed E-state index contributed by atoms with van der Waals surface area (Å²) in [6, 6.07) is 4.17. The summed E-state index contributed by atoms with van der Waals surface area (Å²) in [6.45, 7) is 6.46. The van der Waals surface area contributed by atoms with Crippen LogP contribution in [0.2, 0.25) is 0 Å². The molecule has 1 aliphatic rings. The monoisotopic (exact) mass is 308 g/mol. The molecule has 1 aliphatic heterocycles. The van der Waals surface area contributed by atoms with Crippen LogP contribution in [-0.2, 0) is 4.74 Å². The molecule has 0 spiro atoms. The summed E-state index contributed by atoms with van der Waals surface area (Å²) in [6.07, 6.45) is 6.82. The van der Waals surface area contributed by atoms with Crippen LogP contribution in [0.4, 0.5) is 4.79 Å². The molecule has 5 heteroatoms. The van der Waals surface area contributed by atoms with Crippen molar-refractivity contribution in [2.24, 2.45) is 0 Å². The van der Waals surface area contributed by atoms with Crippen molar-refractivity contribution in [3.63, 3.8) is 0 Å². The van der Waals surface area contributed by atoms with Crippen LogP contribution in [-0.4, -0.2) is 34.4 Å². The van der Waals surface area contributed by atoms with Crippen molar-refractivity contribution in [1.82, 2.24) is 9.88 Å². The third-order valence-electron chi connectivity index (χ3n) is 3.48. The first kappa shape index (κ1) is 16.1. The third-order valence-corrected chi connectivity index (χ3v) is 4.14. The molecular formula is C16H24N2O2S. The lowest BCUT2D eigenvalue weighted by molar-refractivity contribution is 0.00947. The van der Waals surface area contributed by atoms with Crippen LogP contribution >= 0.6 is 11.8 Å². The molecular weight excluding hydrogens is 284 g/mol. The van der Waals surface area contributed by atoms with Gasteiger partial charge in [0.2, 0.25) is 0 Å². The molecule has 1 atom stereocenters. The number of thioether (sulfide) groups is 1. The molecule has 1 fully saturated rings. The maximum absolute atomic E-state index is 12.4. The lowest BCUT2D eigenvalue weighted by atomic mass is 9.97. The number of rotatable bonds is 2. The van der Waals surface area contributed by atoms with Gasteiger partial charge in [-0.05, 0) is 57.9 Å². The lowest BCUT2D eigenvalue weighted by Crippen LogP contribution is -2.41. The van der Waals surface area contributed by atoms with Crippen molar-refractivity contribution in [2.75, 3.05) is 12.8 Å². The average molecular weight is 308 g/mol. The van der Waals surface area contributed by atoms with Crippen LogP contribution in [0, 0.1) is 0 Å². The van der Waals surface area contributed by atoms with Crippen LogP contribution in [0.1, 0.15) is 51.6 Å². The van der Waals surface area contributed by atoms with Gasteiger partial charge in [0.05, 0.1) is 11.1 Å². The molecule has 0 aromatic carbocycles. The maximum atomic E-state index is 12.4. The Bertz CT molecular complexity index is 482. The normalized spacial score (nSPS) is 19.4. The van der Waals surface area contributed by atoms with Crippen molar-refractivity contribution in [2.45, 2.75) is 56.7 Å². The van der Waals surface area contributed by atoms with Crippen molar-refractivity contribution in [1.29, 1.82) is 0 Å². The number of pyridine rings is 1. The topological polar surface area (TPSA) is 42.4 Å². The summed E-state index contributed by atoms with van der Waals surface area (Å²) in [5, 5.41) is 0.998. The van der Waals surface area contributed by atoms with Crippen LogP contribution in [0.5, 0.6) is 0 Å². The molecule has 1 aromatic rings. The Morgan fingerprint density at radius 3 is 2.71 bits per heavy atom. The van der Waals surface area contributed by atoms with E-state index >= 15 is 0 Å². The second kappa shape index (κ2) is 6.69. The number of amides is 1. The minimum Gasteiger partial charge on any atom is -0.444 e. The number of ether oxygens (including phenoxy) is 1. The number of aromatic nitrogens is 1. The highest BCUT2D eigenvalue weighted by Crippen LogP contribution is 2.32. The van der Waals surface area contributed by atoms with Gasteiger partial charge in [-0.15, -0.1) is 11.8 Å². The molecule has 0 N–H and O–H groups in total. The van der Waals surface area contributed by atoms with E-state index in [9.17, 15) is 4.79 Å². The zero-order valence-corrected chi connectivity index (χ0v) is 14.1. The number of piperidine rings is 1. The molecule has 4 nitrogen and oxygen atoms in total. The number of carbonyl (C=O) groups excluding carboxylic acids is 1. The quantitative estimate of drug-likeness (QED) is 0.765. The number of likely N-dealkylation sites (tertiary alicyclic amines) is 1. The molecule has 21 heavy (non-hydrogen) atoms. The van der Waals surface area contributed by atoms with Crippen LogP contribution in [0.25, 0.3) is 0 Å². The van der Waals surface area contributed by atoms with E-state index in [0.717, 1.165) is 36.4 Å². The highest BCUT2D eigenvalue weighted by Gasteiger charge is 2.31. The van der Waals surface area contributed by atoms with Gasteiger partial charge in [0.1, 0.15) is 5.60 Å². The van der Waals surface area contributed by atoms with Gasteiger partial charge < -0.3 is 9.64 Å². The molecule has 1 amide bonds. The summed E-state index contributed by atoms with van der Waals surface area (Å²) in [7, 11) is 0. The first-order valence-electron chi connectivity index (χ1n) is 7.40. The third kappa shape index (κ3) is 4.37. The standard InChI is InChI=1S/C16H24N2O2S/c1-16(2,3)20-15(19)18-10-6-5-7-13(18)12-8-9-14(21-4)17-11-12/h8-9,11,13H,5-7,10H2,1-4H3/t13-/m0/s1. The number of hydrogen-bond donors (Lipinski definition) is 0. The van der Waals surface area contributed by atoms with Crippen molar-refractivity contribution < 1.29 is 9.53 Å². The van der Waals surface area contributed by atoms with Crippen LogP contribution in [0.3, 0.4) is 0 Å². The summed E-state index contributed by atoms with van der Waals surface area (Å²) in [5.41, 5.74) is 0.637. The predicted molar refractivity (Wildman–Crippen MR) is 85.6 cm³/mol. The van der Waals surface area contributed by atoms with E-state index in [0.29, 0.717) is 0 Å². The van der Waals surface area contributed by atoms with Crippen molar-refractivity contribution >= 4 is 17.9 Å². The molecule has 2 heterocycles. The van der Waals surface area contributed by atoms with Gasteiger partial charge in [-0.1, -0.05) is 6.07 Å². The minimum absolute atomic E-state index is 0.0806. The molecule has 0 saturated carbocycles. The van der Waals surface area contributed by atoms with Crippen LogP contribution < -0.4 is 0 Å². The Balaban J connectivity index is 2.16. The Labute approximate surface area is 131 Å².